The largest absolute Gasteiger partial charge is 0.381 e. The highest BCUT2D eigenvalue weighted by Gasteiger charge is 2.25. The number of rotatable bonds is 1. The van der Waals surface area contributed by atoms with Gasteiger partial charge in [-0.2, -0.15) is 0 Å². The Morgan fingerprint density at radius 2 is 2.30 bits per heavy atom. The zero-order chi connectivity index (χ0) is 7.72. The van der Waals surface area contributed by atoms with Crippen LogP contribution in [0.4, 0.5) is 0 Å². The number of carbonyl (C=O) groups is 1. The molecule has 2 unspecified atom stereocenters. The Hall–Kier alpha value is -0.790. The summed E-state index contributed by atoms with van der Waals surface area (Å²) in [6, 6.07) is 0.0278. The Kier molecular flexibility index (Phi) is 1.79. The molecule has 1 rings (SSSR count). The standard InChI is InChI=1S/C8H13NO/c1-5-4-9-8(6(5)2)7(3)10/h4,6,8-9H,1-3H3. The average Bonchev–Trinajstić information content (AvgIpc) is 2.14. The van der Waals surface area contributed by atoms with Gasteiger partial charge in [0.15, 0.2) is 5.78 Å². The van der Waals surface area contributed by atoms with Gasteiger partial charge in [-0.1, -0.05) is 12.5 Å². The molecule has 2 heteroatoms. The number of carbonyl (C=O) groups excluding carboxylic acids is 1. The van der Waals surface area contributed by atoms with Gasteiger partial charge in [0.2, 0.25) is 0 Å². The van der Waals surface area contributed by atoms with E-state index in [1.807, 2.05) is 13.1 Å². The minimum atomic E-state index is 0.0278. The number of Topliss-reactive ketones (excluding diaryl/α,β-unsaturated/α-hetero) is 1. The summed E-state index contributed by atoms with van der Waals surface area (Å²) >= 11 is 0. The van der Waals surface area contributed by atoms with Gasteiger partial charge in [-0.3, -0.25) is 4.79 Å². The Morgan fingerprint density at radius 3 is 2.50 bits per heavy atom. The van der Waals surface area contributed by atoms with Gasteiger partial charge in [-0.15, -0.1) is 0 Å². The number of nitrogens with one attached hydrogen (secondary N) is 1. The van der Waals surface area contributed by atoms with Crippen molar-refractivity contribution in [3.05, 3.63) is 11.8 Å². The van der Waals surface area contributed by atoms with Crippen LogP contribution >= 0.6 is 0 Å². The summed E-state index contributed by atoms with van der Waals surface area (Å²) in [7, 11) is 0. The molecule has 0 radical (unpaired) electrons. The summed E-state index contributed by atoms with van der Waals surface area (Å²) in [5.74, 6) is 0.595. The van der Waals surface area contributed by atoms with Gasteiger partial charge in [0.1, 0.15) is 0 Å². The van der Waals surface area contributed by atoms with E-state index >= 15 is 0 Å². The molecule has 0 amide bonds. The van der Waals surface area contributed by atoms with Crippen molar-refractivity contribution in [2.45, 2.75) is 26.8 Å². The average molecular weight is 139 g/mol. The number of hydrogen-bond donors (Lipinski definition) is 1. The Labute approximate surface area is 61.3 Å². The minimum Gasteiger partial charge on any atom is -0.381 e. The lowest BCUT2D eigenvalue weighted by atomic mass is 9.96. The molecule has 0 spiro atoms. The summed E-state index contributed by atoms with van der Waals surface area (Å²) in [4.78, 5) is 10.9. The predicted octanol–water partition coefficient (Wildman–Crippen LogP) is 1.09. The normalized spacial score (nSPS) is 31.3. The van der Waals surface area contributed by atoms with Crippen LogP contribution in [0, 0.1) is 5.92 Å². The smallest absolute Gasteiger partial charge is 0.152 e. The predicted molar refractivity (Wildman–Crippen MR) is 40.5 cm³/mol. The minimum absolute atomic E-state index is 0.0278. The molecule has 0 aromatic carbocycles. The maximum absolute atomic E-state index is 10.9. The van der Waals surface area contributed by atoms with Gasteiger partial charge in [-0.05, 0) is 20.0 Å². The molecular weight excluding hydrogens is 126 g/mol. The number of hydrogen-bond acceptors (Lipinski definition) is 2. The first-order chi connectivity index (χ1) is 4.63. The molecule has 0 aliphatic carbocycles. The third-order valence-corrected chi connectivity index (χ3v) is 2.15. The summed E-state index contributed by atoms with van der Waals surface area (Å²) in [5.41, 5.74) is 1.26. The fourth-order valence-corrected chi connectivity index (χ4v) is 1.23. The molecule has 1 aliphatic rings. The fraction of sp³-hybridized carbons (Fsp3) is 0.625. The quantitative estimate of drug-likeness (QED) is 0.589. The third kappa shape index (κ3) is 1.06. The third-order valence-electron chi connectivity index (χ3n) is 2.15. The van der Waals surface area contributed by atoms with Crippen molar-refractivity contribution >= 4 is 5.78 Å². The Bertz CT molecular complexity index is 184. The van der Waals surface area contributed by atoms with Crippen LogP contribution in [0.15, 0.2) is 11.8 Å². The molecule has 0 fully saturated rings. The van der Waals surface area contributed by atoms with Crippen LogP contribution in [0.3, 0.4) is 0 Å². The van der Waals surface area contributed by atoms with Gasteiger partial charge in [0.25, 0.3) is 0 Å². The second kappa shape index (κ2) is 2.45. The van der Waals surface area contributed by atoms with Crippen molar-refractivity contribution in [2.24, 2.45) is 5.92 Å². The number of ketones is 1. The monoisotopic (exact) mass is 139 g/mol. The van der Waals surface area contributed by atoms with E-state index in [4.69, 9.17) is 0 Å². The van der Waals surface area contributed by atoms with E-state index in [9.17, 15) is 4.79 Å². The first kappa shape index (κ1) is 7.32. The zero-order valence-corrected chi connectivity index (χ0v) is 6.64. The maximum atomic E-state index is 10.9. The molecule has 2 atom stereocenters. The van der Waals surface area contributed by atoms with Crippen molar-refractivity contribution in [1.29, 1.82) is 0 Å². The lowest BCUT2D eigenvalue weighted by Gasteiger charge is -2.13. The van der Waals surface area contributed by atoms with Crippen LogP contribution in [0.5, 0.6) is 0 Å². The van der Waals surface area contributed by atoms with Crippen molar-refractivity contribution in [1.82, 2.24) is 5.32 Å². The van der Waals surface area contributed by atoms with Gasteiger partial charge in [-0.25, -0.2) is 0 Å². The molecule has 56 valence electrons. The maximum Gasteiger partial charge on any atom is 0.152 e. The summed E-state index contributed by atoms with van der Waals surface area (Å²) in [6.07, 6.45) is 1.93. The van der Waals surface area contributed by atoms with E-state index in [1.54, 1.807) is 6.92 Å². The Balaban J connectivity index is 2.65. The molecule has 0 bridgehead atoms. The molecule has 1 aliphatic heterocycles. The highest BCUT2D eigenvalue weighted by atomic mass is 16.1. The SMILES string of the molecule is CC(=O)C1NC=C(C)C1C. The van der Waals surface area contributed by atoms with Crippen molar-refractivity contribution < 1.29 is 4.79 Å². The highest BCUT2D eigenvalue weighted by Crippen LogP contribution is 2.19. The van der Waals surface area contributed by atoms with Gasteiger partial charge >= 0.3 is 0 Å². The van der Waals surface area contributed by atoms with E-state index in [0.29, 0.717) is 5.92 Å². The molecule has 2 nitrogen and oxygen atoms in total. The van der Waals surface area contributed by atoms with E-state index < -0.39 is 0 Å². The Morgan fingerprint density at radius 1 is 1.70 bits per heavy atom. The summed E-state index contributed by atoms with van der Waals surface area (Å²) in [6.45, 7) is 5.74. The van der Waals surface area contributed by atoms with Crippen molar-refractivity contribution in [3.63, 3.8) is 0 Å². The van der Waals surface area contributed by atoms with Crippen molar-refractivity contribution in [3.8, 4) is 0 Å². The van der Waals surface area contributed by atoms with Gasteiger partial charge < -0.3 is 5.32 Å². The van der Waals surface area contributed by atoms with E-state index in [0.717, 1.165) is 0 Å². The molecule has 0 aromatic rings. The van der Waals surface area contributed by atoms with Crippen LogP contribution in [0.25, 0.3) is 0 Å². The van der Waals surface area contributed by atoms with Crippen LogP contribution in [0.1, 0.15) is 20.8 Å². The zero-order valence-electron chi connectivity index (χ0n) is 6.64. The van der Waals surface area contributed by atoms with E-state index in [1.165, 1.54) is 5.57 Å². The molecule has 0 aromatic heterocycles. The second-order valence-electron chi connectivity index (χ2n) is 2.93. The van der Waals surface area contributed by atoms with Gasteiger partial charge in [0, 0.05) is 5.92 Å². The molecule has 0 saturated heterocycles. The molecular formula is C8H13NO. The topological polar surface area (TPSA) is 29.1 Å². The van der Waals surface area contributed by atoms with Crippen LogP contribution in [-0.4, -0.2) is 11.8 Å². The molecule has 0 saturated carbocycles. The van der Waals surface area contributed by atoms with E-state index in [-0.39, 0.29) is 11.8 Å². The lowest BCUT2D eigenvalue weighted by Crippen LogP contribution is -2.32. The summed E-state index contributed by atoms with van der Waals surface area (Å²) < 4.78 is 0. The van der Waals surface area contributed by atoms with Crippen molar-refractivity contribution in [2.75, 3.05) is 0 Å². The summed E-state index contributed by atoms with van der Waals surface area (Å²) in [5, 5.41) is 3.04. The highest BCUT2D eigenvalue weighted by molar-refractivity contribution is 5.82. The van der Waals surface area contributed by atoms with Crippen LogP contribution < -0.4 is 5.32 Å². The molecule has 1 N–H and O–H groups in total. The second-order valence-corrected chi connectivity index (χ2v) is 2.93. The fourth-order valence-electron chi connectivity index (χ4n) is 1.23. The first-order valence-electron chi connectivity index (χ1n) is 3.56. The first-order valence-corrected chi connectivity index (χ1v) is 3.56. The van der Waals surface area contributed by atoms with E-state index in [2.05, 4.69) is 12.2 Å². The van der Waals surface area contributed by atoms with Crippen LogP contribution in [-0.2, 0) is 4.79 Å². The molecule has 10 heavy (non-hydrogen) atoms. The van der Waals surface area contributed by atoms with Crippen LogP contribution in [0.2, 0.25) is 0 Å². The molecule has 1 heterocycles. The lowest BCUT2D eigenvalue weighted by molar-refractivity contribution is -0.119. The van der Waals surface area contributed by atoms with Gasteiger partial charge in [0.05, 0.1) is 6.04 Å².